The Morgan fingerprint density at radius 3 is 3.08 bits per heavy atom. The van der Waals surface area contributed by atoms with Gasteiger partial charge in [-0.3, -0.25) is 4.79 Å². The van der Waals surface area contributed by atoms with E-state index in [9.17, 15) is 4.79 Å². The van der Waals surface area contributed by atoms with Crippen LogP contribution < -0.4 is 5.73 Å². The molecule has 1 rings (SSSR count). The number of hydrogen-bond acceptors (Lipinski definition) is 3. The maximum Gasteiger partial charge on any atom is 0.237 e. The van der Waals surface area contributed by atoms with Crippen molar-refractivity contribution in [1.82, 2.24) is 4.90 Å². The predicted molar refractivity (Wildman–Crippen MR) is 44.0 cm³/mol. The molecule has 1 heterocycles. The van der Waals surface area contributed by atoms with Crippen molar-refractivity contribution < 1.29 is 4.79 Å². The van der Waals surface area contributed by atoms with Gasteiger partial charge in [0.05, 0.1) is 6.07 Å². The van der Waals surface area contributed by atoms with Crippen molar-refractivity contribution in [1.29, 1.82) is 5.26 Å². The molecule has 1 aliphatic heterocycles. The fourth-order valence-corrected chi connectivity index (χ4v) is 1.58. The van der Waals surface area contributed by atoms with Crippen LogP contribution in [0.2, 0.25) is 0 Å². The second kappa shape index (κ2) is 4.07. The maximum atomic E-state index is 11.3. The number of amides is 1. The molecule has 0 aromatic carbocycles. The van der Waals surface area contributed by atoms with Crippen molar-refractivity contribution in [2.75, 3.05) is 13.1 Å². The van der Waals surface area contributed by atoms with E-state index in [1.165, 1.54) is 0 Å². The van der Waals surface area contributed by atoms with Gasteiger partial charge in [0, 0.05) is 19.1 Å². The minimum absolute atomic E-state index is 0.0174. The van der Waals surface area contributed by atoms with Gasteiger partial charge in [-0.05, 0) is 12.8 Å². The molecular weight excluding hydrogens is 154 g/mol. The van der Waals surface area contributed by atoms with Crippen LogP contribution >= 0.6 is 0 Å². The van der Waals surface area contributed by atoms with Crippen LogP contribution in [0.3, 0.4) is 0 Å². The molecule has 4 nitrogen and oxygen atoms in total. The SMILES string of the molecule is N#CCC(=O)N1CCCC1CN. The molecule has 1 saturated heterocycles. The minimum Gasteiger partial charge on any atom is -0.338 e. The second-order valence-corrected chi connectivity index (χ2v) is 2.95. The van der Waals surface area contributed by atoms with Crippen LogP contribution in [0.5, 0.6) is 0 Å². The average molecular weight is 167 g/mol. The van der Waals surface area contributed by atoms with E-state index < -0.39 is 0 Å². The van der Waals surface area contributed by atoms with E-state index in [0.29, 0.717) is 6.54 Å². The van der Waals surface area contributed by atoms with E-state index in [0.717, 1.165) is 19.4 Å². The zero-order valence-electron chi connectivity index (χ0n) is 6.99. The highest BCUT2D eigenvalue weighted by molar-refractivity contribution is 5.78. The highest BCUT2D eigenvalue weighted by atomic mass is 16.2. The third-order valence-corrected chi connectivity index (χ3v) is 2.20. The van der Waals surface area contributed by atoms with Crippen LogP contribution in [0.1, 0.15) is 19.3 Å². The first-order chi connectivity index (χ1) is 5.79. The minimum atomic E-state index is -0.0783. The summed E-state index contributed by atoms with van der Waals surface area (Å²) < 4.78 is 0. The van der Waals surface area contributed by atoms with Crippen molar-refractivity contribution in [2.45, 2.75) is 25.3 Å². The smallest absolute Gasteiger partial charge is 0.237 e. The van der Waals surface area contributed by atoms with E-state index in [2.05, 4.69) is 0 Å². The molecule has 1 aliphatic rings. The normalized spacial score (nSPS) is 22.3. The van der Waals surface area contributed by atoms with E-state index in [1.54, 1.807) is 4.90 Å². The molecule has 4 heteroatoms. The molecule has 66 valence electrons. The Kier molecular flexibility index (Phi) is 3.06. The molecule has 0 radical (unpaired) electrons. The molecule has 2 N–H and O–H groups in total. The number of nitriles is 1. The van der Waals surface area contributed by atoms with E-state index in [-0.39, 0.29) is 18.4 Å². The standard InChI is InChI=1S/C8H13N3O/c9-4-3-8(12)11-5-1-2-7(11)6-10/h7H,1-3,5-6,10H2. The Bertz CT molecular complexity index is 209. The molecule has 1 amide bonds. The van der Waals surface area contributed by atoms with E-state index in [1.807, 2.05) is 6.07 Å². The monoisotopic (exact) mass is 167 g/mol. The molecule has 0 aromatic rings. The largest absolute Gasteiger partial charge is 0.338 e. The Labute approximate surface area is 71.9 Å². The molecular formula is C8H13N3O. The number of nitrogens with zero attached hydrogens (tertiary/aromatic N) is 2. The number of hydrogen-bond donors (Lipinski definition) is 1. The topological polar surface area (TPSA) is 70.1 Å². The summed E-state index contributed by atoms with van der Waals surface area (Å²) in [6.45, 7) is 1.28. The molecule has 1 atom stereocenters. The molecule has 1 unspecified atom stereocenters. The molecule has 12 heavy (non-hydrogen) atoms. The summed E-state index contributed by atoms with van der Waals surface area (Å²) in [6.07, 6.45) is 1.98. The lowest BCUT2D eigenvalue weighted by molar-refractivity contribution is -0.130. The van der Waals surface area contributed by atoms with Gasteiger partial charge in [-0.2, -0.15) is 5.26 Å². The number of rotatable bonds is 2. The highest BCUT2D eigenvalue weighted by Gasteiger charge is 2.26. The number of nitrogens with two attached hydrogens (primary N) is 1. The van der Waals surface area contributed by atoms with Gasteiger partial charge in [-0.25, -0.2) is 0 Å². The molecule has 0 saturated carbocycles. The molecule has 0 aliphatic carbocycles. The van der Waals surface area contributed by atoms with Crippen molar-refractivity contribution >= 4 is 5.91 Å². The second-order valence-electron chi connectivity index (χ2n) is 2.95. The van der Waals surface area contributed by atoms with Gasteiger partial charge < -0.3 is 10.6 Å². The van der Waals surface area contributed by atoms with Gasteiger partial charge in [0.1, 0.15) is 6.42 Å². The van der Waals surface area contributed by atoms with Crippen molar-refractivity contribution in [3.05, 3.63) is 0 Å². The predicted octanol–water partition coefficient (Wildman–Crippen LogP) is -0.150. The van der Waals surface area contributed by atoms with Crippen LogP contribution in [0, 0.1) is 11.3 Å². The third-order valence-electron chi connectivity index (χ3n) is 2.20. The Balaban J connectivity index is 2.50. The fourth-order valence-electron chi connectivity index (χ4n) is 1.58. The van der Waals surface area contributed by atoms with Gasteiger partial charge in [-0.1, -0.05) is 0 Å². The number of carbonyl (C=O) groups is 1. The Hall–Kier alpha value is -1.08. The van der Waals surface area contributed by atoms with Crippen molar-refractivity contribution in [3.8, 4) is 6.07 Å². The lowest BCUT2D eigenvalue weighted by Gasteiger charge is -2.21. The van der Waals surface area contributed by atoms with Gasteiger partial charge >= 0.3 is 0 Å². The highest BCUT2D eigenvalue weighted by Crippen LogP contribution is 2.16. The van der Waals surface area contributed by atoms with Gasteiger partial charge in [0.25, 0.3) is 0 Å². The summed E-state index contributed by atoms with van der Waals surface area (Å²) >= 11 is 0. The number of carbonyl (C=O) groups excluding carboxylic acids is 1. The van der Waals surface area contributed by atoms with E-state index in [4.69, 9.17) is 11.0 Å². The van der Waals surface area contributed by atoms with Crippen LogP contribution in [-0.4, -0.2) is 29.9 Å². The maximum absolute atomic E-state index is 11.3. The van der Waals surface area contributed by atoms with Gasteiger partial charge in [0.15, 0.2) is 0 Å². The van der Waals surface area contributed by atoms with Crippen LogP contribution in [0.4, 0.5) is 0 Å². The summed E-state index contributed by atoms with van der Waals surface area (Å²) in [5.41, 5.74) is 5.48. The van der Waals surface area contributed by atoms with Gasteiger partial charge in [0.2, 0.25) is 5.91 Å². The first kappa shape index (κ1) is 9.01. The van der Waals surface area contributed by atoms with Crippen LogP contribution in [0.25, 0.3) is 0 Å². The van der Waals surface area contributed by atoms with Crippen LogP contribution in [-0.2, 0) is 4.79 Å². The number of likely N-dealkylation sites (tertiary alicyclic amines) is 1. The van der Waals surface area contributed by atoms with E-state index >= 15 is 0 Å². The summed E-state index contributed by atoms with van der Waals surface area (Å²) in [6, 6.07) is 2.03. The summed E-state index contributed by atoms with van der Waals surface area (Å²) in [5, 5.41) is 8.33. The summed E-state index contributed by atoms with van der Waals surface area (Å²) in [4.78, 5) is 13.0. The summed E-state index contributed by atoms with van der Waals surface area (Å²) in [7, 11) is 0. The van der Waals surface area contributed by atoms with Crippen LogP contribution in [0.15, 0.2) is 0 Å². The average Bonchev–Trinajstić information content (AvgIpc) is 2.51. The Morgan fingerprint density at radius 2 is 2.50 bits per heavy atom. The first-order valence-electron chi connectivity index (χ1n) is 4.16. The Morgan fingerprint density at radius 1 is 1.75 bits per heavy atom. The zero-order chi connectivity index (χ0) is 8.97. The summed E-state index contributed by atoms with van der Waals surface area (Å²) in [5.74, 6) is -0.0783. The van der Waals surface area contributed by atoms with Crippen molar-refractivity contribution in [2.24, 2.45) is 5.73 Å². The molecule has 0 spiro atoms. The zero-order valence-corrected chi connectivity index (χ0v) is 6.99. The lowest BCUT2D eigenvalue weighted by atomic mass is 10.2. The lowest BCUT2D eigenvalue weighted by Crippen LogP contribution is -2.39. The first-order valence-corrected chi connectivity index (χ1v) is 4.16. The molecule has 1 fully saturated rings. The third kappa shape index (κ3) is 1.74. The molecule has 0 bridgehead atoms. The molecule has 0 aromatic heterocycles. The fraction of sp³-hybridized carbons (Fsp3) is 0.750. The van der Waals surface area contributed by atoms with Crippen molar-refractivity contribution in [3.63, 3.8) is 0 Å². The quantitative estimate of drug-likeness (QED) is 0.621. The van der Waals surface area contributed by atoms with Gasteiger partial charge in [-0.15, -0.1) is 0 Å².